The van der Waals surface area contributed by atoms with Crippen molar-refractivity contribution in [3.8, 4) is 0 Å². The van der Waals surface area contributed by atoms with E-state index < -0.39 is 15.6 Å². The first-order valence-electron chi connectivity index (χ1n) is 6.04. The van der Waals surface area contributed by atoms with Crippen molar-refractivity contribution in [3.05, 3.63) is 0 Å². The van der Waals surface area contributed by atoms with E-state index in [9.17, 15) is 8.42 Å². The molecule has 2 rings (SSSR count). The summed E-state index contributed by atoms with van der Waals surface area (Å²) in [5.41, 5.74) is -0.675. The van der Waals surface area contributed by atoms with E-state index in [0.717, 1.165) is 25.8 Å². The van der Waals surface area contributed by atoms with E-state index >= 15 is 0 Å². The average molecular weight is 247 g/mol. The Balaban J connectivity index is 2.16. The minimum atomic E-state index is -2.99. The third-order valence-corrected chi connectivity index (χ3v) is 6.07. The van der Waals surface area contributed by atoms with Crippen LogP contribution in [0.15, 0.2) is 0 Å². The lowest BCUT2D eigenvalue weighted by molar-refractivity contribution is -0.104. The fraction of sp³-hybridized carbons (Fsp3) is 1.00. The summed E-state index contributed by atoms with van der Waals surface area (Å²) in [7, 11) is -2.99. The third kappa shape index (κ3) is 2.26. The molecular formula is C11H21NO3S. The molecule has 0 aliphatic carbocycles. The molecule has 94 valence electrons. The SMILES string of the molecule is CC1CNC(C)(C2CCCCS2(=O)=O)OC1. The summed E-state index contributed by atoms with van der Waals surface area (Å²) < 4.78 is 29.9. The van der Waals surface area contributed by atoms with Crippen molar-refractivity contribution in [1.29, 1.82) is 0 Å². The predicted molar refractivity (Wildman–Crippen MR) is 62.9 cm³/mol. The van der Waals surface area contributed by atoms with Crippen molar-refractivity contribution in [3.63, 3.8) is 0 Å². The van der Waals surface area contributed by atoms with Crippen LogP contribution in [-0.4, -0.2) is 38.3 Å². The molecule has 0 bridgehead atoms. The minimum absolute atomic E-state index is 0.313. The summed E-state index contributed by atoms with van der Waals surface area (Å²) in [6.45, 7) is 5.46. The van der Waals surface area contributed by atoms with Crippen molar-refractivity contribution in [2.45, 2.75) is 44.1 Å². The fourth-order valence-electron chi connectivity index (χ4n) is 2.58. The second-order valence-electron chi connectivity index (χ2n) is 5.26. The molecule has 0 saturated carbocycles. The van der Waals surface area contributed by atoms with Crippen LogP contribution in [0, 0.1) is 5.92 Å². The van der Waals surface area contributed by atoms with E-state index in [0.29, 0.717) is 18.3 Å². The molecule has 0 amide bonds. The van der Waals surface area contributed by atoms with Gasteiger partial charge in [0, 0.05) is 6.54 Å². The highest BCUT2D eigenvalue weighted by Crippen LogP contribution is 2.31. The normalized spacial score (nSPS) is 44.1. The summed E-state index contributed by atoms with van der Waals surface area (Å²) in [5, 5.41) is 2.90. The van der Waals surface area contributed by atoms with Crippen LogP contribution in [-0.2, 0) is 14.6 Å². The first-order valence-corrected chi connectivity index (χ1v) is 7.76. The molecule has 2 heterocycles. The number of sulfone groups is 1. The zero-order valence-corrected chi connectivity index (χ0v) is 10.8. The molecule has 3 atom stereocenters. The summed E-state index contributed by atoms with van der Waals surface area (Å²) in [6.07, 6.45) is 2.51. The fourth-order valence-corrected chi connectivity index (χ4v) is 4.84. The molecule has 0 aromatic heterocycles. The van der Waals surface area contributed by atoms with Crippen LogP contribution >= 0.6 is 0 Å². The van der Waals surface area contributed by atoms with Gasteiger partial charge in [0.1, 0.15) is 11.0 Å². The average Bonchev–Trinajstić information content (AvgIpc) is 2.22. The standard InChI is InChI=1S/C11H21NO3S/c1-9-7-12-11(2,15-8-9)10-5-3-4-6-16(10,13)14/h9-10,12H,3-8H2,1-2H3. The molecule has 0 radical (unpaired) electrons. The van der Waals surface area contributed by atoms with Crippen molar-refractivity contribution in [2.24, 2.45) is 5.92 Å². The van der Waals surface area contributed by atoms with Gasteiger partial charge in [0.05, 0.1) is 12.4 Å². The topological polar surface area (TPSA) is 55.4 Å². The van der Waals surface area contributed by atoms with Gasteiger partial charge in [-0.25, -0.2) is 8.42 Å². The lowest BCUT2D eigenvalue weighted by Gasteiger charge is -2.43. The minimum Gasteiger partial charge on any atom is -0.359 e. The molecule has 3 unspecified atom stereocenters. The molecule has 2 aliphatic rings. The largest absolute Gasteiger partial charge is 0.359 e. The molecule has 4 nitrogen and oxygen atoms in total. The predicted octanol–water partition coefficient (Wildman–Crippen LogP) is 0.926. The van der Waals surface area contributed by atoms with E-state index in [2.05, 4.69) is 12.2 Å². The summed E-state index contributed by atoms with van der Waals surface area (Å²) in [6, 6.07) is 0. The van der Waals surface area contributed by atoms with Gasteiger partial charge in [-0.15, -0.1) is 0 Å². The second-order valence-corrected chi connectivity index (χ2v) is 7.56. The van der Waals surface area contributed by atoms with Crippen LogP contribution < -0.4 is 5.32 Å². The molecule has 5 heteroatoms. The van der Waals surface area contributed by atoms with E-state index in [1.807, 2.05) is 6.92 Å². The van der Waals surface area contributed by atoms with E-state index in [-0.39, 0.29) is 5.25 Å². The Labute approximate surface area is 97.7 Å². The first-order chi connectivity index (χ1) is 7.44. The highest BCUT2D eigenvalue weighted by molar-refractivity contribution is 7.92. The Kier molecular flexibility index (Phi) is 3.29. The number of hydrogen-bond acceptors (Lipinski definition) is 4. The van der Waals surface area contributed by atoms with Crippen LogP contribution in [0.5, 0.6) is 0 Å². The Hall–Kier alpha value is -0.130. The Morgan fingerprint density at radius 1 is 1.38 bits per heavy atom. The third-order valence-electron chi connectivity index (χ3n) is 3.66. The van der Waals surface area contributed by atoms with Gasteiger partial charge in [0.2, 0.25) is 0 Å². The van der Waals surface area contributed by atoms with Gasteiger partial charge >= 0.3 is 0 Å². The molecule has 0 aromatic carbocycles. The van der Waals surface area contributed by atoms with Gasteiger partial charge in [0.15, 0.2) is 9.84 Å². The molecule has 0 spiro atoms. The molecule has 2 aliphatic heterocycles. The van der Waals surface area contributed by atoms with Crippen molar-refractivity contribution < 1.29 is 13.2 Å². The Morgan fingerprint density at radius 2 is 2.12 bits per heavy atom. The maximum absolute atomic E-state index is 12.0. The van der Waals surface area contributed by atoms with Crippen LogP contribution in [0.2, 0.25) is 0 Å². The second kappa shape index (κ2) is 4.27. The van der Waals surface area contributed by atoms with E-state index in [1.165, 1.54) is 0 Å². The molecule has 0 aromatic rings. The lowest BCUT2D eigenvalue weighted by Crippen LogP contribution is -2.62. The lowest BCUT2D eigenvalue weighted by atomic mass is 10.0. The Bertz CT molecular complexity index is 344. The quantitative estimate of drug-likeness (QED) is 0.749. The maximum atomic E-state index is 12.0. The van der Waals surface area contributed by atoms with Crippen molar-refractivity contribution in [2.75, 3.05) is 18.9 Å². The summed E-state index contributed by atoms with van der Waals surface area (Å²) in [5.74, 6) is 0.771. The van der Waals surface area contributed by atoms with Gasteiger partial charge in [-0.05, 0) is 25.7 Å². The number of hydrogen-bond donors (Lipinski definition) is 1. The zero-order valence-electron chi connectivity index (χ0n) is 10.0. The van der Waals surface area contributed by atoms with Gasteiger partial charge < -0.3 is 4.74 Å². The smallest absolute Gasteiger partial charge is 0.157 e. The van der Waals surface area contributed by atoms with Crippen LogP contribution in [0.1, 0.15) is 33.1 Å². The number of rotatable bonds is 1. The zero-order chi connectivity index (χ0) is 11.8. The molecule has 16 heavy (non-hydrogen) atoms. The summed E-state index contributed by atoms with van der Waals surface area (Å²) >= 11 is 0. The van der Waals surface area contributed by atoms with Crippen LogP contribution in [0.25, 0.3) is 0 Å². The Morgan fingerprint density at radius 3 is 2.69 bits per heavy atom. The highest BCUT2D eigenvalue weighted by atomic mass is 32.2. The monoisotopic (exact) mass is 247 g/mol. The first kappa shape index (κ1) is 12.3. The number of nitrogens with one attached hydrogen (secondary N) is 1. The van der Waals surface area contributed by atoms with Crippen molar-refractivity contribution in [1.82, 2.24) is 5.32 Å². The maximum Gasteiger partial charge on any atom is 0.157 e. The van der Waals surface area contributed by atoms with E-state index in [1.54, 1.807) is 0 Å². The molecule has 2 saturated heterocycles. The van der Waals surface area contributed by atoms with Gasteiger partial charge in [-0.1, -0.05) is 13.3 Å². The molecular weight excluding hydrogens is 226 g/mol. The molecule has 2 fully saturated rings. The van der Waals surface area contributed by atoms with Gasteiger partial charge in [-0.2, -0.15) is 0 Å². The number of ether oxygens (including phenoxy) is 1. The van der Waals surface area contributed by atoms with Gasteiger partial charge in [0.25, 0.3) is 0 Å². The van der Waals surface area contributed by atoms with E-state index in [4.69, 9.17) is 4.74 Å². The molecule has 1 N–H and O–H groups in total. The van der Waals surface area contributed by atoms with Crippen molar-refractivity contribution >= 4 is 9.84 Å². The summed E-state index contributed by atoms with van der Waals surface area (Å²) in [4.78, 5) is 0. The highest BCUT2D eigenvalue weighted by Gasteiger charge is 2.46. The van der Waals surface area contributed by atoms with Gasteiger partial charge in [-0.3, -0.25) is 5.32 Å². The van der Waals surface area contributed by atoms with Crippen LogP contribution in [0.3, 0.4) is 0 Å². The van der Waals surface area contributed by atoms with Crippen LogP contribution in [0.4, 0.5) is 0 Å².